The number of benzene rings is 1. The molecule has 3 atom stereocenters. The van der Waals surface area contributed by atoms with Crippen LogP contribution in [0.5, 0.6) is 5.75 Å². The lowest BCUT2D eigenvalue weighted by atomic mass is 9.88. The van der Waals surface area contributed by atoms with Crippen molar-refractivity contribution in [2.24, 2.45) is 0 Å². The van der Waals surface area contributed by atoms with Crippen LogP contribution in [0.1, 0.15) is 31.9 Å². The molecule has 0 aromatic heterocycles. The van der Waals surface area contributed by atoms with E-state index >= 15 is 4.39 Å². The van der Waals surface area contributed by atoms with Crippen LogP contribution in [0.25, 0.3) is 0 Å². The summed E-state index contributed by atoms with van der Waals surface area (Å²) in [5.41, 5.74) is -2.28. The SMILES string of the molecule is CCOC(=O)[C@]1(F)C[C@](C)(CI)O[C@@H]1c1ccc(OC)cc1. The molecule has 6 heteroatoms. The van der Waals surface area contributed by atoms with Crippen molar-refractivity contribution >= 4 is 28.6 Å². The largest absolute Gasteiger partial charge is 0.497 e. The van der Waals surface area contributed by atoms with Crippen molar-refractivity contribution in [2.45, 2.75) is 37.6 Å². The van der Waals surface area contributed by atoms with E-state index in [1.54, 1.807) is 38.3 Å². The summed E-state index contributed by atoms with van der Waals surface area (Å²) in [6, 6.07) is 6.89. The molecule has 1 fully saturated rings. The van der Waals surface area contributed by atoms with Crippen LogP contribution >= 0.6 is 22.6 Å². The predicted molar refractivity (Wildman–Crippen MR) is 89.2 cm³/mol. The van der Waals surface area contributed by atoms with Crippen LogP contribution in [-0.2, 0) is 14.3 Å². The average molecular weight is 422 g/mol. The van der Waals surface area contributed by atoms with Crippen LogP contribution in [0, 0.1) is 0 Å². The van der Waals surface area contributed by atoms with Crippen LogP contribution in [0.15, 0.2) is 24.3 Å². The second-order valence-corrected chi connectivity index (χ2v) is 6.38. The van der Waals surface area contributed by atoms with E-state index < -0.39 is 23.3 Å². The van der Waals surface area contributed by atoms with Crippen molar-refractivity contribution in [1.82, 2.24) is 0 Å². The van der Waals surface area contributed by atoms with Crippen molar-refractivity contribution < 1.29 is 23.4 Å². The molecular weight excluding hydrogens is 402 g/mol. The highest BCUT2D eigenvalue weighted by molar-refractivity contribution is 14.1. The summed E-state index contributed by atoms with van der Waals surface area (Å²) >= 11 is 2.14. The van der Waals surface area contributed by atoms with Gasteiger partial charge in [-0.25, -0.2) is 9.18 Å². The Morgan fingerprint density at radius 3 is 2.59 bits per heavy atom. The number of hydrogen-bond donors (Lipinski definition) is 0. The molecule has 1 aromatic rings. The van der Waals surface area contributed by atoms with Gasteiger partial charge in [-0.15, -0.1) is 0 Å². The van der Waals surface area contributed by atoms with Crippen LogP contribution in [0.3, 0.4) is 0 Å². The van der Waals surface area contributed by atoms with Crippen molar-refractivity contribution in [1.29, 1.82) is 0 Å². The summed E-state index contributed by atoms with van der Waals surface area (Å²) in [4.78, 5) is 12.2. The zero-order valence-electron chi connectivity index (χ0n) is 12.9. The number of carbonyl (C=O) groups excluding carboxylic acids is 1. The highest BCUT2D eigenvalue weighted by atomic mass is 127. The summed E-state index contributed by atoms with van der Waals surface area (Å²) in [7, 11) is 1.56. The molecule has 1 aromatic carbocycles. The number of methoxy groups -OCH3 is 1. The fraction of sp³-hybridized carbons (Fsp3) is 0.562. The fourth-order valence-corrected chi connectivity index (χ4v) is 3.13. The maximum Gasteiger partial charge on any atom is 0.347 e. The predicted octanol–water partition coefficient (Wildman–Crippen LogP) is 3.62. The topological polar surface area (TPSA) is 44.8 Å². The van der Waals surface area contributed by atoms with Gasteiger partial charge in [-0.3, -0.25) is 0 Å². The van der Waals surface area contributed by atoms with Crippen molar-refractivity contribution in [3.63, 3.8) is 0 Å². The van der Waals surface area contributed by atoms with Gasteiger partial charge in [0.2, 0.25) is 5.67 Å². The molecule has 4 nitrogen and oxygen atoms in total. The van der Waals surface area contributed by atoms with Gasteiger partial charge in [-0.2, -0.15) is 0 Å². The second-order valence-electron chi connectivity index (χ2n) is 5.61. The van der Waals surface area contributed by atoms with E-state index in [1.165, 1.54) is 0 Å². The standard InChI is InChI=1S/C16H20FIO4/c1-4-21-14(19)16(17)9-15(2,10-18)22-13(16)11-5-7-12(20-3)8-6-11/h5-8,13H,4,9-10H2,1-3H3/t13-,15-,16+/m1/s1. The lowest BCUT2D eigenvalue weighted by molar-refractivity contribution is -0.162. The quantitative estimate of drug-likeness (QED) is 0.413. The number of hydrogen-bond acceptors (Lipinski definition) is 4. The van der Waals surface area contributed by atoms with Crippen molar-refractivity contribution in [2.75, 3.05) is 18.1 Å². The first-order chi connectivity index (χ1) is 10.4. The molecule has 0 unspecified atom stereocenters. The van der Waals surface area contributed by atoms with Gasteiger partial charge in [-0.1, -0.05) is 34.7 Å². The van der Waals surface area contributed by atoms with Gasteiger partial charge in [-0.05, 0) is 31.5 Å². The van der Waals surface area contributed by atoms with Crippen LogP contribution in [-0.4, -0.2) is 35.4 Å². The molecule has 0 saturated carbocycles. The molecule has 1 aliphatic heterocycles. The Morgan fingerprint density at radius 2 is 2.09 bits per heavy atom. The third kappa shape index (κ3) is 3.22. The Balaban J connectivity index is 2.37. The fourth-order valence-electron chi connectivity index (χ4n) is 2.68. The zero-order valence-corrected chi connectivity index (χ0v) is 15.1. The molecule has 0 amide bonds. The monoisotopic (exact) mass is 422 g/mol. The molecule has 0 N–H and O–H groups in total. The lowest BCUT2D eigenvalue weighted by Crippen LogP contribution is -2.39. The third-order valence-electron chi connectivity index (χ3n) is 3.77. The Morgan fingerprint density at radius 1 is 1.45 bits per heavy atom. The highest BCUT2D eigenvalue weighted by Crippen LogP contribution is 2.50. The van der Waals surface area contributed by atoms with Gasteiger partial charge in [0.15, 0.2) is 0 Å². The first-order valence-corrected chi connectivity index (χ1v) is 8.65. The van der Waals surface area contributed by atoms with Crippen LogP contribution < -0.4 is 4.74 Å². The molecule has 0 spiro atoms. The Labute approximate surface area is 143 Å². The number of carbonyl (C=O) groups is 1. The first kappa shape index (κ1) is 17.5. The molecule has 22 heavy (non-hydrogen) atoms. The second kappa shape index (κ2) is 6.70. The maximum absolute atomic E-state index is 15.5. The smallest absolute Gasteiger partial charge is 0.347 e. The Bertz CT molecular complexity index is 535. The third-order valence-corrected chi connectivity index (χ3v) is 5.38. The van der Waals surface area contributed by atoms with Crippen LogP contribution in [0.2, 0.25) is 0 Å². The minimum absolute atomic E-state index is 0.0154. The molecule has 0 bridgehead atoms. The Kier molecular flexibility index (Phi) is 5.32. The summed E-state index contributed by atoms with van der Waals surface area (Å²) < 4.78 is 32.0. The summed E-state index contributed by atoms with van der Waals surface area (Å²) in [6.07, 6.45) is -0.990. The van der Waals surface area contributed by atoms with Gasteiger partial charge < -0.3 is 14.2 Å². The molecule has 0 aliphatic carbocycles. The van der Waals surface area contributed by atoms with Crippen molar-refractivity contribution in [3.8, 4) is 5.75 Å². The van der Waals surface area contributed by atoms with E-state index in [2.05, 4.69) is 22.6 Å². The maximum atomic E-state index is 15.5. The number of rotatable bonds is 5. The van der Waals surface area contributed by atoms with Gasteiger partial charge in [0.1, 0.15) is 11.9 Å². The molecule has 1 heterocycles. The zero-order chi connectivity index (χ0) is 16.4. The average Bonchev–Trinajstić information content (AvgIpc) is 2.81. The van der Waals surface area contributed by atoms with Gasteiger partial charge in [0.05, 0.1) is 19.3 Å². The molecular formula is C16H20FIO4. The molecule has 1 saturated heterocycles. The number of esters is 1. The summed E-state index contributed by atoms with van der Waals surface area (Å²) in [6.45, 7) is 3.62. The highest BCUT2D eigenvalue weighted by Gasteiger charge is 2.60. The molecule has 2 rings (SSSR count). The molecule has 1 aliphatic rings. The summed E-state index contributed by atoms with van der Waals surface area (Å²) in [5, 5.41) is 0. The van der Waals surface area contributed by atoms with Crippen molar-refractivity contribution in [3.05, 3.63) is 29.8 Å². The van der Waals surface area contributed by atoms with Gasteiger partial charge >= 0.3 is 5.97 Å². The molecule has 0 radical (unpaired) electrons. The number of halogens is 2. The number of ether oxygens (including phenoxy) is 3. The van der Waals surface area contributed by atoms with E-state index in [1.807, 2.05) is 6.92 Å². The minimum Gasteiger partial charge on any atom is -0.497 e. The number of alkyl halides is 2. The first-order valence-electron chi connectivity index (χ1n) is 7.12. The normalized spacial score (nSPS) is 31.0. The molecule has 122 valence electrons. The van der Waals surface area contributed by atoms with Crippen LogP contribution in [0.4, 0.5) is 4.39 Å². The Hall–Kier alpha value is -0.890. The van der Waals surface area contributed by atoms with E-state index in [4.69, 9.17) is 14.2 Å². The van der Waals surface area contributed by atoms with E-state index in [9.17, 15) is 4.79 Å². The lowest BCUT2D eigenvalue weighted by Gasteiger charge is -2.24. The van der Waals surface area contributed by atoms with Gasteiger partial charge in [0.25, 0.3) is 0 Å². The van der Waals surface area contributed by atoms with E-state index in [0.717, 1.165) is 0 Å². The minimum atomic E-state index is -2.18. The van der Waals surface area contributed by atoms with E-state index in [0.29, 0.717) is 15.7 Å². The van der Waals surface area contributed by atoms with Gasteiger partial charge in [0, 0.05) is 10.8 Å². The summed E-state index contributed by atoms with van der Waals surface area (Å²) in [5.74, 6) is -0.191. The van der Waals surface area contributed by atoms with E-state index in [-0.39, 0.29) is 13.0 Å².